The summed E-state index contributed by atoms with van der Waals surface area (Å²) in [4.78, 5) is 4.64. The summed E-state index contributed by atoms with van der Waals surface area (Å²) in [6.07, 6.45) is 1.75. The lowest BCUT2D eigenvalue weighted by molar-refractivity contribution is 0.324. The van der Waals surface area contributed by atoms with Gasteiger partial charge < -0.3 is 14.2 Å². The highest BCUT2D eigenvalue weighted by molar-refractivity contribution is 7.11. The molecule has 0 aliphatic carbocycles. The maximum absolute atomic E-state index is 9.70. The first-order valence-electron chi connectivity index (χ1n) is 8.55. The van der Waals surface area contributed by atoms with Crippen molar-refractivity contribution in [2.45, 2.75) is 6.92 Å². The van der Waals surface area contributed by atoms with Gasteiger partial charge in [0.05, 0.1) is 32.6 Å². The maximum Gasteiger partial charge on any atom is 0.203 e. The molecule has 2 aromatic carbocycles. The van der Waals surface area contributed by atoms with E-state index < -0.39 is 0 Å². The normalized spacial score (nSPS) is 11.0. The van der Waals surface area contributed by atoms with Crippen LogP contribution in [0.3, 0.4) is 0 Å². The van der Waals surface area contributed by atoms with Gasteiger partial charge in [-0.3, -0.25) is 0 Å². The van der Waals surface area contributed by atoms with E-state index in [0.29, 0.717) is 33.4 Å². The van der Waals surface area contributed by atoms with Crippen LogP contribution in [0.5, 0.6) is 17.2 Å². The van der Waals surface area contributed by atoms with Crippen LogP contribution in [-0.4, -0.2) is 26.3 Å². The van der Waals surface area contributed by atoms with E-state index in [1.165, 1.54) is 16.9 Å². The average molecular weight is 392 g/mol. The molecule has 1 heterocycles. The molecular weight excluding hydrogens is 372 g/mol. The molecule has 3 rings (SSSR count). The molecule has 0 saturated carbocycles. The summed E-state index contributed by atoms with van der Waals surface area (Å²) < 4.78 is 16.2. The Hall–Kier alpha value is -3.30. The van der Waals surface area contributed by atoms with Crippen LogP contribution in [0.15, 0.2) is 41.8 Å². The summed E-state index contributed by atoms with van der Waals surface area (Å²) in [5.74, 6) is 1.55. The van der Waals surface area contributed by atoms with Gasteiger partial charge in [-0.25, -0.2) is 4.98 Å². The molecule has 1 aromatic heterocycles. The summed E-state index contributed by atoms with van der Waals surface area (Å²) in [7, 11) is 4.67. The van der Waals surface area contributed by atoms with Crippen LogP contribution in [0.4, 0.5) is 0 Å². The molecular formula is C22H20N2O3S. The highest BCUT2D eigenvalue weighted by Gasteiger charge is 2.16. The van der Waals surface area contributed by atoms with Crippen LogP contribution in [0.2, 0.25) is 0 Å². The molecule has 0 radical (unpaired) electrons. The zero-order chi connectivity index (χ0) is 20.1. The number of nitrogens with zero attached hydrogens (tertiary/aromatic N) is 2. The molecule has 0 bridgehead atoms. The predicted octanol–water partition coefficient (Wildman–Crippen LogP) is 5.21. The second kappa shape index (κ2) is 8.59. The lowest BCUT2D eigenvalue weighted by atomic mass is 10.1. The summed E-state index contributed by atoms with van der Waals surface area (Å²) in [5.41, 5.74) is 4.23. The lowest BCUT2D eigenvalue weighted by Gasteiger charge is -2.14. The van der Waals surface area contributed by atoms with E-state index in [1.54, 1.807) is 33.5 Å². The Morgan fingerprint density at radius 3 is 2.32 bits per heavy atom. The number of benzene rings is 2. The summed E-state index contributed by atoms with van der Waals surface area (Å²) in [6.45, 7) is 2.04. The number of aromatic nitrogens is 1. The van der Waals surface area contributed by atoms with Gasteiger partial charge in [-0.2, -0.15) is 5.26 Å². The Morgan fingerprint density at radius 2 is 1.71 bits per heavy atom. The van der Waals surface area contributed by atoms with E-state index in [4.69, 9.17) is 14.2 Å². The molecule has 0 N–H and O–H groups in total. The minimum Gasteiger partial charge on any atom is -0.493 e. The van der Waals surface area contributed by atoms with Crippen molar-refractivity contribution in [1.82, 2.24) is 4.98 Å². The Labute approximate surface area is 168 Å². The first-order chi connectivity index (χ1) is 13.6. The minimum absolute atomic E-state index is 0.453. The fourth-order valence-electron chi connectivity index (χ4n) is 2.79. The van der Waals surface area contributed by atoms with E-state index in [0.717, 1.165) is 11.3 Å². The Balaban J connectivity index is 2.02. The van der Waals surface area contributed by atoms with Gasteiger partial charge >= 0.3 is 0 Å². The van der Waals surface area contributed by atoms with Gasteiger partial charge in [-0.15, -0.1) is 11.3 Å². The number of nitriles is 1. The zero-order valence-electron chi connectivity index (χ0n) is 16.1. The summed E-state index contributed by atoms with van der Waals surface area (Å²) in [6, 6.07) is 14.0. The second-order valence-corrected chi connectivity index (χ2v) is 6.86. The number of aryl methyl sites for hydroxylation is 1. The monoisotopic (exact) mass is 392 g/mol. The Kier molecular flexibility index (Phi) is 5.97. The number of rotatable bonds is 6. The third-order valence-corrected chi connectivity index (χ3v) is 5.11. The number of allylic oxidation sites excluding steroid dienone is 1. The van der Waals surface area contributed by atoms with Crippen LogP contribution >= 0.6 is 11.3 Å². The van der Waals surface area contributed by atoms with Gasteiger partial charge in [0, 0.05) is 16.5 Å². The number of hydrogen-bond acceptors (Lipinski definition) is 6. The van der Waals surface area contributed by atoms with Gasteiger partial charge in [-0.1, -0.05) is 29.8 Å². The Morgan fingerprint density at radius 1 is 1.00 bits per heavy atom. The number of hydrogen-bond donors (Lipinski definition) is 0. The van der Waals surface area contributed by atoms with Crippen LogP contribution < -0.4 is 14.2 Å². The molecule has 0 aliphatic heterocycles. The smallest absolute Gasteiger partial charge is 0.203 e. The molecule has 0 amide bonds. The van der Waals surface area contributed by atoms with Crippen LogP contribution in [0, 0.1) is 18.3 Å². The molecule has 0 fully saturated rings. The van der Waals surface area contributed by atoms with Crippen molar-refractivity contribution in [3.05, 3.63) is 57.9 Å². The molecule has 3 aromatic rings. The third-order valence-electron chi connectivity index (χ3n) is 4.24. The number of methoxy groups -OCH3 is 3. The lowest BCUT2D eigenvalue weighted by Crippen LogP contribution is -1.97. The zero-order valence-corrected chi connectivity index (χ0v) is 17.0. The van der Waals surface area contributed by atoms with E-state index >= 15 is 0 Å². The van der Waals surface area contributed by atoms with Crippen LogP contribution in [-0.2, 0) is 0 Å². The highest BCUT2D eigenvalue weighted by atomic mass is 32.1. The minimum atomic E-state index is 0.453. The molecule has 0 spiro atoms. The fourth-order valence-corrected chi connectivity index (χ4v) is 3.58. The first-order valence-corrected chi connectivity index (χ1v) is 9.43. The number of thiazole rings is 1. The van der Waals surface area contributed by atoms with Gasteiger partial charge in [0.25, 0.3) is 0 Å². The third kappa shape index (κ3) is 3.85. The molecule has 5 nitrogen and oxygen atoms in total. The Bertz CT molecular complexity index is 1050. The number of ether oxygens (including phenoxy) is 3. The largest absolute Gasteiger partial charge is 0.493 e. The molecule has 6 heteroatoms. The van der Waals surface area contributed by atoms with Crippen molar-refractivity contribution in [3.63, 3.8) is 0 Å². The van der Waals surface area contributed by atoms with E-state index in [1.807, 2.05) is 42.6 Å². The molecule has 28 heavy (non-hydrogen) atoms. The van der Waals surface area contributed by atoms with Crippen LogP contribution in [0.25, 0.3) is 22.9 Å². The highest BCUT2D eigenvalue weighted by Crippen LogP contribution is 2.41. The van der Waals surface area contributed by atoms with Gasteiger partial charge in [0.2, 0.25) is 5.75 Å². The summed E-state index contributed by atoms with van der Waals surface area (Å²) in [5, 5.41) is 12.3. The van der Waals surface area contributed by atoms with E-state index in [9.17, 15) is 5.26 Å². The quantitative estimate of drug-likeness (QED) is 0.539. The first kappa shape index (κ1) is 19.5. The topological polar surface area (TPSA) is 64.4 Å². The second-order valence-electron chi connectivity index (χ2n) is 6.00. The molecule has 0 unspecified atom stereocenters. The van der Waals surface area contributed by atoms with E-state index in [-0.39, 0.29) is 0 Å². The van der Waals surface area contributed by atoms with Gasteiger partial charge in [-0.05, 0) is 25.1 Å². The molecule has 0 atom stereocenters. The maximum atomic E-state index is 9.70. The molecule has 142 valence electrons. The van der Waals surface area contributed by atoms with Crippen molar-refractivity contribution >= 4 is 23.0 Å². The van der Waals surface area contributed by atoms with Crippen molar-refractivity contribution in [3.8, 4) is 34.6 Å². The van der Waals surface area contributed by atoms with Crippen LogP contribution in [0.1, 0.15) is 16.1 Å². The van der Waals surface area contributed by atoms with Crippen molar-refractivity contribution in [1.29, 1.82) is 5.26 Å². The van der Waals surface area contributed by atoms with Gasteiger partial charge in [0.1, 0.15) is 11.1 Å². The van der Waals surface area contributed by atoms with Crippen molar-refractivity contribution < 1.29 is 14.2 Å². The van der Waals surface area contributed by atoms with Crippen molar-refractivity contribution in [2.75, 3.05) is 21.3 Å². The standard InChI is InChI=1S/C22H20N2O3S/c1-14-5-7-15(8-6-14)18-13-28-22(24-18)17(12-23)11-16-9-10-19(25-2)21(27-4)20(16)26-3/h5-11,13H,1-4H3. The average Bonchev–Trinajstić information content (AvgIpc) is 3.21. The predicted molar refractivity (Wildman–Crippen MR) is 112 cm³/mol. The SMILES string of the molecule is COc1ccc(C=C(C#N)c2nc(-c3ccc(C)cc3)cs2)c(OC)c1OC. The molecule has 0 saturated heterocycles. The molecule has 0 aliphatic rings. The van der Waals surface area contributed by atoms with Crippen molar-refractivity contribution in [2.24, 2.45) is 0 Å². The fraction of sp³-hybridized carbons (Fsp3) is 0.182. The van der Waals surface area contributed by atoms with Gasteiger partial charge in [0.15, 0.2) is 11.5 Å². The summed E-state index contributed by atoms with van der Waals surface area (Å²) >= 11 is 1.43. The van der Waals surface area contributed by atoms with E-state index in [2.05, 4.69) is 11.1 Å².